The minimum atomic E-state index is 0.894. The summed E-state index contributed by atoms with van der Waals surface area (Å²) in [6, 6.07) is 10.3. The average Bonchev–Trinajstić information content (AvgIpc) is 2.07. The van der Waals surface area contributed by atoms with Gasteiger partial charge in [0.25, 0.3) is 0 Å². The summed E-state index contributed by atoms with van der Waals surface area (Å²) >= 11 is 4.17. The summed E-state index contributed by atoms with van der Waals surface area (Å²) in [6.45, 7) is 0.993. The van der Waals surface area contributed by atoms with Gasteiger partial charge in [-0.1, -0.05) is 18.2 Å². The van der Waals surface area contributed by atoms with E-state index in [9.17, 15) is 0 Å². The van der Waals surface area contributed by atoms with Crippen LogP contribution in [0.2, 0.25) is 0 Å². The molecule has 1 aromatic carbocycles. The van der Waals surface area contributed by atoms with E-state index in [1.54, 1.807) is 0 Å². The molecular weight excluding hydrogens is 154 g/mol. The number of hydrogen-bond acceptors (Lipinski definition) is 2. The van der Waals surface area contributed by atoms with Gasteiger partial charge in [0.1, 0.15) is 0 Å². The van der Waals surface area contributed by atoms with Gasteiger partial charge >= 0.3 is 0 Å². The summed E-state index contributed by atoms with van der Waals surface area (Å²) < 4.78 is 0. The molecule has 0 atom stereocenters. The molecule has 0 fully saturated rings. The number of para-hydroxylation sites is 1. The van der Waals surface area contributed by atoms with E-state index in [2.05, 4.69) is 36.7 Å². The maximum atomic E-state index is 4.17. The third-order valence-corrected chi connectivity index (χ3v) is 1.83. The van der Waals surface area contributed by atoms with E-state index in [0.29, 0.717) is 0 Å². The standard InChI is InChI=1S/C9H13NS/c1-10(7-8-11)9-5-3-2-4-6-9/h2-6,11H,7-8H2,1H3. The third-order valence-electron chi connectivity index (χ3n) is 1.63. The second kappa shape index (κ2) is 4.29. The maximum absolute atomic E-state index is 4.17. The van der Waals surface area contributed by atoms with Crippen molar-refractivity contribution in [2.75, 3.05) is 24.2 Å². The lowest BCUT2D eigenvalue weighted by atomic mass is 10.3. The Morgan fingerprint density at radius 3 is 2.45 bits per heavy atom. The van der Waals surface area contributed by atoms with Crippen LogP contribution in [0.15, 0.2) is 30.3 Å². The van der Waals surface area contributed by atoms with Gasteiger partial charge in [-0.05, 0) is 12.1 Å². The van der Waals surface area contributed by atoms with Crippen molar-refractivity contribution in [1.29, 1.82) is 0 Å². The molecule has 0 spiro atoms. The Bertz CT molecular complexity index is 198. The van der Waals surface area contributed by atoms with Crippen molar-refractivity contribution in [3.63, 3.8) is 0 Å². The van der Waals surface area contributed by atoms with Crippen molar-refractivity contribution in [3.8, 4) is 0 Å². The Hall–Kier alpha value is -0.630. The van der Waals surface area contributed by atoms with Gasteiger partial charge in [-0.2, -0.15) is 12.6 Å². The van der Waals surface area contributed by atoms with Crippen LogP contribution >= 0.6 is 12.6 Å². The van der Waals surface area contributed by atoms with E-state index in [-0.39, 0.29) is 0 Å². The molecule has 0 amide bonds. The monoisotopic (exact) mass is 167 g/mol. The van der Waals surface area contributed by atoms with Gasteiger partial charge < -0.3 is 4.90 Å². The SMILES string of the molecule is CN(CCS)c1ccccc1. The Labute approximate surface area is 73.4 Å². The number of rotatable bonds is 3. The zero-order valence-electron chi connectivity index (χ0n) is 6.70. The van der Waals surface area contributed by atoms with Crippen LogP contribution in [0, 0.1) is 0 Å². The van der Waals surface area contributed by atoms with Crippen molar-refractivity contribution in [2.24, 2.45) is 0 Å². The third kappa shape index (κ3) is 2.46. The second-order valence-electron chi connectivity index (χ2n) is 2.48. The smallest absolute Gasteiger partial charge is 0.0363 e. The topological polar surface area (TPSA) is 3.24 Å². The molecule has 0 bridgehead atoms. The summed E-state index contributed by atoms with van der Waals surface area (Å²) in [6.07, 6.45) is 0. The van der Waals surface area contributed by atoms with Crippen molar-refractivity contribution in [1.82, 2.24) is 0 Å². The molecular formula is C9H13NS. The van der Waals surface area contributed by atoms with E-state index in [4.69, 9.17) is 0 Å². The van der Waals surface area contributed by atoms with Crippen molar-refractivity contribution >= 4 is 18.3 Å². The minimum absolute atomic E-state index is 0.894. The summed E-state index contributed by atoms with van der Waals surface area (Å²) in [5, 5.41) is 0. The van der Waals surface area contributed by atoms with Gasteiger partial charge in [-0.3, -0.25) is 0 Å². The van der Waals surface area contributed by atoms with Crippen LogP contribution in [-0.4, -0.2) is 19.3 Å². The van der Waals surface area contributed by atoms with E-state index in [1.807, 2.05) is 18.2 Å². The predicted molar refractivity (Wildman–Crippen MR) is 53.6 cm³/mol. The number of benzene rings is 1. The van der Waals surface area contributed by atoms with Crippen LogP contribution in [0.25, 0.3) is 0 Å². The molecule has 0 unspecified atom stereocenters. The molecule has 0 saturated carbocycles. The van der Waals surface area contributed by atoms with Crippen LogP contribution in [0.4, 0.5) is 5.69 Å². The van der Waals surface area contributed by atoms with Gasteiger partial charge in [-0.25, -0.2) is 0 Å². The van der Waals surface area contributed by atoms with E-state index < -0.39 is 0 Å². The number of thiol groups is 1. The molecule has 0 aliphatic carbocycles. The zero-order chi connectivity index (χ0) is 8.10. The maximum Gasteiger partial charge on any atom is 0.0363 e. The molecule has 1 aromatic rings. The molecule has 0 aliphatic rings. The predicted octanol–water partition coefficient (Wildman–Crippen LogP) is 2.05. The Morgan fingerprint density at radius 1 is 1.27 bits per heavy atom. The van der Waals surface area contributed by atoms with E-state index in [0.717, 1.165) is 12.3 Å². The average molecular weight is 167 g/mol. The van der Waals surface area contributed by atoms with Crippen LogP contribution < -0.4 is 4.90 Å². The van der Waals surface area contributed by atoms with Gasteiger partial charge in [0, 0.05) is 25.0 Å². The first kappa shape index (κ1) is 8.47. The molecule has 1 rings (SSSR count). The first-order valence-electron chi connectivity index (χ1n) is 3.71. The Balaban J connectivity index is 2.61. The Kier molecular flexibility index (Phi) is 3.30. The van der Waals surface area contributed by atoms with E-state index in [1.165, 1.54) is 5.69 Å². The highest BCUT2D eigenvalue weighted by Gasteiger charge is 1.95. The zero-order valence-corrected chi connectivity index (χ0v) is 7.59. The van der Waals surface area contributed by atoms with Crippen LogP contribution in [0.5, 0.6) is 0 Å². The Morgan fingerprint density at radius 2 is 1.91 bits per heavy atom. The molecule has 0 saturated heterocycles. The fourth-order valence-corrected chi connectivity index (χ4v) is 1.26. The molecule has 60 valence electrons. The second-order valence-corrected chi connectivity index (χ2v) is 2.93. The summed E-state index contributed by atoms with van der Waals surface area (Å²) in [5.41, 5.74) is 1.25. The lowest BCUT2D eigenvalue weighted by Gasteiger charge is -2.17. The molecule has 1 nitrogen and oxygen atoms in total. The van der Waals surface area contributed by atoms with Gasteiger partial charge in [0.15, 0.2) is 0 Å². The fourth-order valence-electron chi connectivity index (χ4n) is 0.962. The minimum Gasteiger partial charge on any atom is -0.374 e. The first-order valence-corrected chi connectivity index (χ1v) is 4.35. The normalized spacial score (nSPS) is 9.64. The lowest BCUT2D eigenvalue weighted by molar-refractivity contribution is 0.980. The highest BCUT2D eigenvalue weighted by molar-refractivity contribution is 7.80. The molecule has 11 heavy (non-hydrogen) atoms. The first-order chi connectivity index (χ1) is 5.34. The molecule has 0 aliphatic heterocycles. The highest BCUT2D eigenvalue weighted by Crippen LogP contribution is 2.09. The highest BCUT2D eigenvalue weighted by atomic mass is 32.1. The molecule has 0 aromatic heterocycles. The van der Waals surface area contributed by atoms with Crippen molar-refractivity contribution in [3.05, 3.63) is 30.3 Å². The van der Waals surface area contributed by atoms with Gasteiger partial charge in [0.2, 0.25) is 0 Å². The fraction of sp³-hybridized carbons (Fsp3) is 0.333. The lowest BCUT2D eigenvalue weighted by Crippen LogP contribution is -2.19. The van der Waals surface area contributed by atoms with Gasteiger partial charge in [-0.15, -0.1) is 0 Å². The quantitative estimate of drug-likeness (QED) is 0.674. The molecule has 0 heterocycles. The molecule has 2 heteroatoms. The van der Waals surface area contributed by atoms with E-state index >= 15 is 0 Å². The molecule has 0 N–H and O–H groups in total. The van der Waals surface area contributed by atoms with Crippen LogP contribution in [-0.2, 0) is 0 Å². The number of hydrogen-bond donors (Lipinski definition) is 1. The molecule has 0 radical (unpaired) electrons. The summed E-state index contributed by atoms with van der Waals surface area (Å²) in [4.78, 5) is 2.19. The van der Waals surface area contributed by atoms with Crippen LogP contribution in [0.3, 0.4) is 0 Å². The number of nitrogens with zero attached hydrogens (tertiary/aromatic N) is 1. The largest absolute Gasteiger partial charge is 0.374 e. The van der Waals surface area contributed by atoms with Gasteiger partial charge in [0.05, 0.1) is 0 Å². The summed E-state index contributed by atoms with van der Waals surface area (Å²) in [7, 11) is 2.07. The van der Waals surface area contributed by atoms with Crippen molar-refractivity contribution in [2.45, 2.75) is 0 Å². The summed E-state index contributed by atoms with van der Waals surface area (Å²) in [5.74, 6) is 0.894. The van der Waals surface area contributed by atoms with Crippen molar-refractivity contribution < 1.29 is 0 Å². The number of anilines is 1. The van der Waals surface area contributed by atoms with Crippen LogP contribution in [0.1, 0.15) is 0 Å².